The Morgan fingerprint density at radius 1 is 1.19 bits per heavy atom. The molecule has 0 aliphatic carbocycles. The highest BCUT2D eigenvalue weighted by molar-refractivity contribution is 9.10. The first kappa shape index (κ1) is 20.0. The van der Waals surface area contributed by atoms with Crippen LogP contribution in [-0.4, -0.2) is 34.3 Å². The third-order valence-electron chi connectivity index (χ3n) is 5.34. The van der Waals surface area contributed by atoms with Crippen LogP contribution in [-0.2, 0) is 4.74 Å². The Kier molecular flexibility index (Phi) is 5.15. The smallest absolute Gasteiger partial charge is 0.156 e. The van der Waals surface area contributed by atoms with Crippen molar-refractivity contribution in [2.75, 3.05) is 18.5 Å². The van der Waals surface area contributed by atoms with Crippen molar-refractivity contribution in [2.45, 2.75) is 13.0 Å². The van der Waals surface area contributed by atoms with Crippen LogP contribution in [0.25, 0.3) is 21.8 Å². The highest BCUT2D eigenvalue weighted by Crippen LogP contribution is 2.37. The van der Waals surface area contributed by atoms with Crippen LogP contribution in [0, 0.1) is 17.6 Å². The van der Waals surface area contributed by atoms with Gasteiger partial charge >= 0.3 is 0 Å². The summed E-state index contributed by atoms with van der Waals surface area (Å²) in [5.74, 6) is -0.109. The average molecular weight is 487 g/mol. The predicted octanol–water partition coefficient (Wildman–Crippen LogP) is 5.38. The molecule has 1 aliphatic heterocycles. The van der Waals surface area contributed by atoms with Crippen LogP contribution in [0.3, 0.4) is 0 Å². The molecule has 5 rings (SSSR count). The number of fused-ring (bicyclic) bond motifs is 2. The molecule has 2 aromatic carbocycles. The van der Waals surface area contributed by atoms with E-state index in [4.69, 9.17) is 9.47 Å². The topological polar surface area (TPSA) is 69.2 Å². The molecule has 31 heavy (non-hydrogen) atoms. The Hall–Kier alpha value is -2.91. The summed E-state index contributed by atoms with van der Waals surface area (Å²) in [5.41, 5.74) is 0.525. The minimum Gasteiger partial charge on any atom is -0.489 e. The quantitative estimate of drug-likeness (QED) is 0.408. The van der Waals surface area contributed by atoms with Crippen LogP contribution in [0.15, 0.2) is 47.3 Å². The molecule has 3 heterocycles. The molecular formula is C22H17BrF2N4O2. The molecule has 0 spiro atoms. The number of rotatable bonds is 5. The summed E-state index contributed by atoms with van der Waals surface area (Å²) in [6.07, 6.45) is 2.69. The van der Waals surface area contributed by atoms with Crippen molar-refractivity contribution in [2.24, 2.45) is 5.92 Å². The zero-order chi connectivity index (χ0) is 21.5. The van der Waals surface area contributed by atoms with Crippen LogP contribution < -0.4 is 10.1 Å². The normalized spacial score (nSPS) is 15.1. The summed E-state index contributed by atoms with van der Waals surface area (Å²) < 4.78 is 41.9. The fraction of sp³-hybridized carbons (Fsp3) is 0.227. The zero-order valence-electron chi connectivity index (χ0n) is 16.4. The van der Waals surface area contributed by atoms with Crippen molar-refractivity contribution in [3.8, 4) is 5.75 Å². The molecule has 0 radical (unpaired) electrons. The Labute approximate surface area is 184 Å². The second-order valence-corrected chi connectivity index (χ2v) is 8.30. The highest BCUT2D eigenvalue weighted by atomic mass is 79.9. The number of hydrogen-bond acceptors (Lipinski definition) is 6. The third-order valence-corrected chi connectivity index (χ3v) is 5.80. The number of aromatic nitrogens is 3. The van der Waals surface area contributed by atoms with Crippen LogP contribution >= 0.6 is 15.9 Å². The number of ether oxygens (including phenoxy) is 2. The Morgan fingerprint density at radius 3 is 2.81 bits per heavy atom. The van der Waals surface area contributed by atoms with E-state index in [0.29, 0.717) is 35.7 Å². The lowest BCUT2D eigenvalue weighted by Gasteiger charge is -2.32. The van der Waals surface area contributed by atoms with Gasteiger partial charge in [-0.3, -0.25) is 4.98 Å². The van der Waals surface area contributed by atoms with E-state index in [1.54, 1.807) is 6.07 Å². The van der Waals surface area contributed by atoms with Crippen molar-refractivity contribution in [1.29, 1.82) is 0 Å². The van der Waals surface area contributed by atoms with Gasteiger partial charge in [0.2, 0.25) is 0 Å². The number of nitrogens with zero attached hydrogens (tertiary/aromatic N) is 3. The largest absolute Gasteiger partial charge is 0.489 e. The van der Waals surface area contributed by atoms with Gasteiger partial charge in [-0.2, -0.15) is 0 Å². The van der Waals surface area contributed by atoms with Gasteiger partial charge in [-0.25, -0.2) is 18.7 Å². The first-order chi connectivity index (χ1) is 15.0. The molecule has 9 heteroatoms. The average Bonchev–Trinajstić information content (AvgIpc) is 2.70. The second kappa shape index (κ2) is 7.97. The first-order valence-corrected chi connectivity index (χ1v) is 10.5. The maximum absolute atomic E-state index is 15.1. The minimum absolute atomic E-state index is 0.0254. The fourth-order valence-corrected chi connectivity index (χ4v) is 3.95. The molecule has 0 amide bonds. The van der Waals surface area contributed by atoms with Gasteiger partial charge in [0.1, 0.15) is 29.5 Å². The van der Waals surface area contributed by atoms with Crippen molar-refractivity contribution in [1.82, 2.24) is 15.0 Å². The van der Waals surface area contributed by atoms with Gasteiger partial charge in [0, 0.05) is 28.0 Å². The van der Waals surface area contributed by atoms with Crippen LogP contribution in [0.2, 0.25) is 0 Å². The van der Waals surface area contributed by atoms with Crippen molar-refractivity contribution in [3.05, 3.63) is 59.0 Å². The van der Waals surface area contributed by atoms with E-state index in [9.17, 15) is 4.39 Å². The predicted molar refractivity (Wildman–Crippen MR) is 117 cm³/mol. The van der Waals surface area contributed by atoms with Gasteiger partial charge in [-0.15, -0.1) is 0 Å². The number of pyridine rings is 1. The molecule has 158 valence electrons. The van der Waals surface area contributed by atoms with E-state index in [1.165, 1.54) is 18.6 Å². The molecule has 4 aromatic rings. The van der Waals surface area contributed by atoms with E-state index in [1.807, 2.05) is 19.1 Å². The molecule has 1 atom stereocenters. The van der Waals surface area contributed by atoms with Crippen molar-refractivity contribution >= 4 is 49.2 Å². The fourth-order valence-electron chi connectivity index (χ4n) is 3.53. The van der Waals surface area contributed by atoms with Crippen LogP contribution in [0.4, 0.5) is 20.3 Å². The van der Waals surface area contributed by atoms with Crippen LogP contribution in [0.1, 0.15) is 6.92 Å². The SMILES string of the molecule is C[C@@H](Oc1cc(Br)cc2ncnc(Nc3cc(F)c4ncccc4c3F)c12)C1COC1. The highest BCUT2D eigenvalue weighted by Gasteiger charge is 2.27. The minimum atomic E-state index is -0.629. The number of nitrogens with one attached hydrogen (secondary N) is 1. The maximum atomic E-state index is 15.1. The summed E-state index contributed by atoms with van der Waals surface area (Å²) in [4.78, 5) is 12.5. The lowest BCUT2D eigenvalue weighted by Crippen LogP contribution is -2.39. The van der Waals surface area contributed by atoms with E-state index in [2.05, 4.69) is 36.2 Å². The molecule has 0 unspecified atom stereocenters. The van der Waals surface area contributed by atoms with Gasteiger partial charge < -0.3 is 14.8 Å². The lowest BCUT2D eigenvalue weighted by molar-refractivity contribution is -0.0773. The van der Waals surface area contributed by atoms with Gasteiger partial charge in [-0.05, 0) is 31.2 Å². The van der Waals surface area contributed by atoms with Crippen molar-refractivity contribution in [3.63, 3.8) is 0 Å². The Morgan fingerprint density at radius 2 is 2.03 bits per heavy atom. The van der Waals surface area contributed by atoms with Gasteiger partial charge in [0.15, 0.2) is 11.6 Å². The number of halogens is 3. The molecule has 1 N–H and O–H groups in total. The molecule has 2 aromatic heterocycles. The van der Waals surface area contributed by atoms with Gasteiger partial charge in [0.05, 0.1) is 29.8 Å². The number of hydrogen-bond donors (Lipinski definition) is 1. The van der Waals surface area contributed by atoms with Gasteiger partial charge in [0.25, 0.3) is 0 Å². The standard InChI is InChI=1S/C22H17BrF2N4O2/c1-11(12-8-30-9-12)31-18-6-13(23)5-16-19(18)22(28-10-27-16)29-17-7-15(24)21-14(20(17)25)3-2-4-26-21/h2-7,10-12H,8-9H2,1H3,(H,27,28,29)/t11-/m1/s1. The van der Waals surface area contributed by atoms with E-state index in [-0.39, 0.29) is 28.6 Å². The molecular weight excluding hydrogens is 470 g/mol. The Bertz CT molecular complexity index is 1300. The molecule has 1 saturated heterocycles. The Balaban J connectivity index is 1.60. The molecule has 0 bridgehead atoms. The summed E-state index contributed by atoms with van der Waals surface area (Å²) in [5, 5.41) is 3.58. The molecule has 6 nitrogen and oxygen atoms in total. The second-order valence-electron chi connectivity index (χ2n) is 7.39. The molecule has 0 saturated carbocycles. The van der Waals surface area contributed by atoms with E-state index < -0.39 is 11.6 Å². The monoisotopic (exact) mass is 486 g/mol. The summed E-state index contributed by atoms with van der Waals surface area (Å²) in [6, 6.07) is 7.75. The van der Waals surface area contributed by atoms with Crippen molar-refractivity contribution < 1.29 is 18.3 Å². The summed E-state index contributed by atoms with van der Waals surface area (Å²) >= 11 is 3.48. The molecule has 1 fully saturated rings. The number of benzene rings is 2. The maximum Gasteiger partial charge on any atom is 0.156 e. The molecule has 1 aliphatic rings. The number of anilines is 2. The van der Waals surface area contributed by atoms with Crippen LogP contribution in [0.5, 0.6) is 5.75 Å². The van der Waals surface area contributed by atoms with Gasteiger partial charge in [-0.1, -0.05) is 15.9 Å². The first-order valence-electron chi connectivity index (χ1n) is 9.69. The third kappa shape index (κ3) is 3.68. The lowest BCUT2D eigenvalue weighted by atomic mass is 10.0. The zero-order valence-corrected chi connectivity index (χ0v) is 18.0. The summed E-state index contributed by atoms with van der Waals surface area (Å²) in [7, 11) is 0. The van der Waals surface area contributed by atoms with E-state index >= 15 is 4.39 Å². The van der Waals surface area contributed by atoms with E-state index in [0.717, 1.165) is 10.5 Å². The summed E-state index contributed by atoms with van der Waals surface area (Å²) in [6.45, 7) is 3.26.